The molecule has 0 amide bonds. The lowest BCUT2D eigenvalue weighted by molar-refractivity contribution is -0.141. The van der Waals surface area contributed by atoms with E-state index in [-0.39, 0.29) is 17.9 Å². The average Bonchev–Trinajstić information content (AvgIpc) is 2.17. The molecule has 1 atom stereocenters. The van der Waals surface area contributed by atoms with Crippen LogP contribution in [-0.4, -0.2) is 23.3 Å². The van der Waals surface area contributed by atoms with Gasteiger partial charge in [0.05, 0.1) is 13.5 Å². The Morgan fingerprint density at radius 1 is 1.53 bits per heavy atom. The van der Waals surface area contributed by atoms with E-state index in [1.54, 1.807) is 0 Å². The van der Waals surface area contributed by atoms with Crippen LogP contribution in [0.5, 0.6) is 11.5 Å². The highest BCUT2D eigenvalue weighted by molar-refractivity contribution is 5.70. The fourth-order valence-corrected chi connectivity index (χ4v) is 1.22. The molecular formula is C10H13NO4. The minimum absolute atomic E-state index is 0.0190. The van der Waals surface area contributed by atoms with Gasteiger partial charge < -0.3 is 20.7 Å². The predicted molar refractivity (Wildman–Crippen MR) is 53.3 cm³/mol. The largest absolute Gasteiger partial charge is 0.508 e. The zero-order valence-corrected chi connectivity index (χ0v) is 8.30. The second-order valence-corrected chi connectivity index (χ2v) is 3.13. The van der Waals surface area contributed by atoms with E-state index in [0.717, 1.165) is 0 Å². The highest BCUT2D eigenvalue weighted by Crippen LogP contribution is 2.28. The second-order valence-electron chi connectivity index (χ2n) is 3.13. The van der Waals surface area contributed by atoms with Crippen molar-refractivity contribution in [2.75, 3.05) is 7.11 Å². The van der Waals surface area contributed by atoms with Crippen LogP contribution in [0.2, 0.25) is 0 Å². The van der Waals surface area contributed by atoms with E-state index in [4.69, 9.17) is 10.8 Å². The number of esters is 1. The third-order valence-electron chi connectivity index (χ3n) is 2.03. The van der Waals surface area contributed by atoms with Gasteiger partial charge in [0.25, 0.3) is 0 Å². The molecule has 0 spiro atoms. The molecular weight excluding hydrogens is 198 g/mol. The Kier molecular flexibility index (Phi) is 3.51. The van der Waals surface area contributed by atoms with Crippen molar-refractivity contribution >= 4 is 5.97 Å². The van der Waals surface area contributed by atoms with Crippen molar-refractivity contribution in [3.8, 4) is 11.5 Å². The Morgan fingerprint density at radius 3 is 2.73 bits per heavy atom. The summed E-state index contributed by atoms with van der Waals surface area (Å²) in [6, 6.07) is 3.40. The van der Waals surface area contributed by atoms with Crippen molar-refractivity contribution in [2.45, 2.75) is 12.5 Å². The van der Waals surface area contributed by atoms with Crippen LogP contribution in [0, 0.1) is 0 Å². The lowest BCUT2D eigenvalue weighted by atomic mass is 10.0. The third-order valence-corrected chi connectivity index (χ3v) is 2.03. The molecule has 0 fully saturated rings. The fourth-order valence-electron chi connectivity index (χ4n) is 1.22. The molecule has 82 valence electrons. The topological polar surface area (TPSA) is 92.8 Å². The zero-order chi connectivity index (χ0) is 11.4. The zero-order valence-electron chi connectivity index (χ0n) is 8.30. The van der Waals surface area contributed by atoms with Gasteiger partial charge in [0.2, 0.25) is 0 Å². The van der Waals surface area contributed by atoms with Gasteiger partial charge >= 0.3 is 5.97 Å². The Labute approximate surface area is 87.1 Å². The summed E-state index contributed by atoms with van der Waals surface area (Å²) in [6.45, 7) is 0. The lowest BCUT2D eigenvalue weighted by Gasteiger charge is -2.12. The number of phenolic OH excluding ortho intramolecular Hbond substituents is 2. The molecule has 15 heavy (non-hydrogen) atoms. The van der Waals surface area contributed by atoms with Crippen molar-refractivity contribution in [3.05, 3.63) is 23.8 Å². The summed E-state index contributed by atoms with van der Waals surface area (Å²) in [4.78, 5) is 10.9. The van der Waals surface area contributed by atoms with Crippen LogP contribution < -0.4 is 5.73 Å². The summed E-state index contributed by atoms with van der Waals surface area (Å²) in [5, 5.41) is 18.5. The Bertz CT molecular complexity index is 364. The van der Waals surface area contributed by atoms with Gasteiger partial charge in [-0.2, -0.15) is 0 Å². The first-order chi connectivity index (χ1) is 7.04. The second kappa shape index (κ2) is 4.65. The van der Waals surface area contributed by atoms with Gasteiger partial charge in [0.15, 0.2) is 0 Å². The lowest BCUT2D eigenvalue weighted by Crippen LogP contribution is -2.16. The summed E-state index contributed by atoms with van der Waals surface area (Å²) < 4.78 is 4.46. The van der Waals surface area contributed by atoms with E-state index in [9.17, 15) is 9.90 Å². The molecule has 0 aliphatic rings. The quantitative estimate of drug-likeness (QED) is 0.639. The molecule has 5 nitrogen and oxygen atoms in total. The monoisotopic (exact) mass is 211 g/mol. The highest BCUT2D eigenvalue weighted by atomic mass is 16.5. The van der Waals surface area contributed by atoms with E-state index in [1.165, 1.54) is 25.3 Å². The van der Waals surface area contributed by atoms with Gasteiger partial charge in [-0.05, 0) is 6.07 Å². The maximum Gasteiger partial charge on any atom is 0.307 e. The number of hydrogen-bond acceptors (Lipinski definition) is 5. The van der Waals surface area contributed by atoms with Crippen molar-refractivity contribution < 1.29 is 19.7 Å². The predicted octanol–water partition coefficient (Wildman–Crippen LogP) is 0.661. The number of carbonyl (C=O) groups is 1. The summed E-state index contributed by atoms with van der Waals surface area (Å²) in [7, 11) is 1.27. The number of aromatic hydroxyl groups is 2. The molecule has 0 aromatic heterocycles. The number of methoxy groups -OCH3 is 1. The molecule has 5 heteroatoms. The maximum atomic E-state index is 10.9. The molecule has 4 N–H and O–H groups in total. The first kappa shape index (κ1) is 11.3. The van der Waals surface area contributed by atoms with E-state index >= 15 is 0 Å². The van der Waals surface area contributed by atoms with Gasteiger partial charge in [-0.1, -0.05) is 6.07 Å². The van der Waals surface area contributed by atoms with Gasteiger partial charge in [0.1, 0.15) is 11.5 Å². The number of rotatable bonds is 3. The molecule has 1 aromatic rings. The summed E-state index contributed by atoms with van der Waals surface area (Å²) in [5.74, 6) is -0.636. The van der Waals surface area contributed by atoms with Crippen molar-refractivity contribution in [3.63, 3.8) is 0 Å². The van der Waals surface area contributed by atoms with Crippen LogP contribution in [0.15, 0.2) is 18.2 Å². The van der Waals surface area contributed by atoms with Crippen LogP contribution in [0.4, 0.5) is 0 Å². The molecule has 1 aromatic carbocycles. The van der Waals surface area contributed by atoms with Crippen molar-refractivity contribution in [1.82, 2.24) is 0 Å². The fraction of sp³-hybridized carbons (Fsp3) is 0.300. The molecule has 0 radical (unpaired) electrons. The summed E-state index contributed by atoms with van der Waals surface area (Å²) in [5.41, 5.74) is 6.08. The number of phenols is 2. The van der Waals surface area contributed by atoms with Crippen molar-refractivity contribution in [2.24, 2.45) is 5.73 Å². The first-order valence-electron chi connectivity index (χ1n) is 4.39. The molecule has 1 rings (SSSR count). The normalized spacial score (nSPS) is 12.1. The Morgan fingerprint density at radius 2 is 2.20 bits per heavy atom. The summed E-state index contributed by atoms with van der Waals surface area (Å²) >= 11 is 0. The Balaban J connectivity index is 2.82. The minimum atomic E-state index is -0.641. The van der Waals surface area contributed by atoms with Gasteiger partial charge in [-0.15, -0.1) is 0 Å². The van der Waals surface area contributed by atoms with E-state index in [0.29, 0.717) is 5.56 Å². The SMILES string of the molecule is COC(=O)CC(N)c1ccc(O)cc1O. The number of hydrogen-bond donors (Lipinski definition) is 3. The highest BCUT2D eigenvalue weighted by Gasteiger charge is 2.15. The number of nitrogens with two attached hydrogens (primary N) is 1. The first-order valence-corrected chi connectivity index (χ1v) is 4.39. The van der Waals surface area contributed by atoms with E-state index in [2.05, 4.69) is 4.74 Å². The van der Waals surface area contributed by atoms with E-state index in [1.807, 2.05) is 0 Å². The summed E-state index contributed by atoms with van der Waals surface area (Å²) in [6.07, 6.45) is -0.0190. The van der Waals surface area contributed by atoms with Gasteiger partial charge in [-0.3, -0.25) is 4.79 Å². The minimum Gasteiger partial charge on any atom is -0.508 e. The van der Waals surface area contributed by atoms with Crippen LogP contribution in [0.3, 0.4) is 0 Å². The Hall–Kier alpha value is -1.75. The molecule has 0 aliphatic heterocycles. The number of benzene rings is 1. The molecule has 0 heterocycles. The standard InChI is InChI=1S/C10H13NO4/c1-15-10(14)5-8(11)7-3-2-6(12)4-9(7)13/h2-4,8,12-13H,5,11H2,1H3. The van der Waals surface area contributed by atoms with Gasteiger partial charge in [0, 0.05) is 17.7 Å². The van der Waals surface area contributed by atoms with Crippen LogP contribution in [-0.2, 0) is 9.53 Å². The van der Waals surface area contributed by atoms with Crippen molar-refractivity contribution in [1.29, 1.82) is 0 Å². The van der Waals surface area contributed by atoms with Crippen LogP contribution in [0.25, 0.3) is 0 Å². The third kappa shape index (κ3) is 2.85. The molecule has 0 aliphatic carbocycles. The van der Waals surface area contributed by atoms with E-state index < -0.39 is 12.0 Å². The average molecular weight is 211 g/mol. The van der Waals surface area contributed by atoms with Crippen LogP contribution >= 0.6 is 0 Å². The molecule has 0 bridgehead atoms. The maximum absolute atomic E-state index is 10.9. The van der Waals surface area contributed by atoms with Gasteiger partial charge in [-0.25, -0.2) is 0 Å². The van der Waals surface area contributed by atoms with Crippen LogP contribution in [0.1, 0.15) is 18.0 Å². The molecule has 1 unspecified atom stereocenters. The number of ether oxygens (including phenoxy) is 1. The number of carbonyl (C=O) groups excluding carboxylic acids is 1. The molecule has 0 saturated carbocycles. The smallest absolute Gasteiger partial charge is 0.307 e. The molecule has 0 saturated heterocycles.